The third kappa shape index (κ3) is 3.77. The summed E-state index contributed by atoms with van der Waals surface area (Å²) in [6, 6.07) is 0. The summed E-state index contributed by atoms with van der Waals surface area (Å²) < 4.78 is 0. The number of H-pyrrole nitrogens is 1. The SMILES string of the molecule is CCN(CC)CCCNC(=O)c1[nH]c(C=O)c2c1CCCC2. The van der Waals surface area contributed by atoms with Crippen molar-refractivity contribution in [1.29, 1.82) is 0 Å². The van der Waals surface area contributed by atoms with E-state index >= 15 is 0 Å². The number of rotatable bonds is 8. The van der Waals surface area contributed by atoms with E-state index in [1.54, 1.807) is 0 Å². The van der Waals surface area contributed by atoms with Crippen molar-refractivity contribution in [1.82, 2.24) is 15.2 Å². The first-order valence-electron chi connectivity index (χ1n) is 8.40. The van der Waals surface area contributed by atoms with Gasteiger partial charge < -0.3 is 15.2 Å². The van der Waals surface area contributed by atoms with Crippen LogP contribution in [-0.4, -0.2) is 48.3 Å². The number of aldehydes is 1. The van der Waals surface area contributed by atoms with E-state index in [0.717, 1.165) is 69.2 Å². The highest BCUT2D eigenvalue weighted by Crippen LogP contribution is 2.27. The van der Waals surface area contributed by atoms with Gasteiger partial charge in [-0.15, -0.1) is 0 Å². The number of amides is 1. The van der Waals surface area contributed by atoms with Gasteiger partial charge in [-0.1, -0.05) is 13.8 Å². The molecule has 0 radical (unpaired) electrons. The molecule has 0 bridgehead atoms. The van der Waals surface area contributed by atoms with Crippen LogP contribution < -0.4 is 5.32 Å². The molecule has 0 unspecified atom stereocenters. The Balaban J connectivity index is 1.93. The van der Waals surface area contributed by atoms with Crippen molar-refractivity contribution in [2.24, 2.45) is 0 Å². The predicted molar refractivity (Wildman–Crippen MR) is 87.6 cm³/mol. The summed E-state index contributed by atoms with van der Waals surface area (Å²) >= 11 is 0. The minimum Gasteiger partial charge on any atom is -0.351 e. The van der Waals surface area contributed by atoms with Crippen LogP contribution in [0.4, 0.5) is 0 Å². The van der Waals surface area contributed by atoms with Gasteiger partial charge in [0.25, 0.3) is 5.91 Å². The Morgan fingerprint density at radius 3 is 2.55 bits per heavy atom. The maximum atomic E-state index is 12.4. The third-order valence-electron chi connectivity index (χ3n) is 4.53. The summed E-state index contributed by atoms with van der Waals surface area (Å²) in [5.74, 6) is -0.0780. The topological polar surface area (TPSA) is 65.2 Å². The zero-order chi connectivity index (χ0) is 15.9. The van der Waals surface area contributed by atoms with E-state index in [0.29, 0.717) is 17.9 Å². The lowest BCUT2D eigenvalue weighted by Crippen LogP contribution is -2.30. The van der Waals surface area contributed by atoms with Crippen LogP contribution >= 0.6 is 0 Å². The van der Waals surface area contributed by atoms with Crippen LogP contribution in [0.1, 0.15) is 65.2 Å². The molecule has 2 rings (SSSR count). The van der Waals surface area contributed by atoms with Gasteiger partial charge in [-0.2, -0.15) is 0 Å². The fourth-order valence-corrected chi connectivity index (χ4v) is 3.19. The number of hydrogen-bond donors (Lipinski definition) is 2. The summed E-state index contributed by atoms with van der Waals surface area (Å²) in [6.45, 7) is 8.03. The maximum Gasteiger partial charge on any atom is 0.268 e. The molecule has 0 fully saturated rings. The number of aromatic amines is 1. The van der Waals surface area contributed by atoms with Gasteiger partial charge in [0, 0.05) is 6.54 Å². The highest BCUT2D eigenvalue weighted by molar-refractivity contribution is 5.96. The molecule has 2 N–H and O–H groups in total. The maximum absolute atomic E-state index is 12.4. The molecule has 0 saturated heterocycles. The summed E-state index contributed by atoms with van der Waals surface area (Å²) in [7, 11) is 0. The zero-order valence-electron chi connectivity index (χ0n) is 13.7. The molecule has 0 aromatic carbocycles. The average Bonchev–Trinajstić information content (AvgIpc) is 2.94. The highest BCUT2D eigenvalue weighted by Gasteiger charge is 2.23. The van der Waals surface area contributed by atoms with Crippen molar-refractivity contribution in [3.8, 4) is 0 Å². The molecule has 1 aliphatic rings. The van der Waals surface area contributed by atoms with Crippen LogP contribution in [0.3, 0.4) is 0 Å². The van der Waals surface area contributed by atoms with E-state index in [4.69, 9.17) is 0 Å². The van der Waals surface area contributed by atoms with E-state index in [-0.39, 0.29) is 5.91 Å². The van der Waals surface area contributed by atoms with Gasteiger partial charge in [-0.25, -0.2) is 0 Å². The summed E-state index contributed by atoms with van der Waals surface area (Å²) in [5, 5.41) is 2.98. The molecule has 1 aliphatic carbocycles. The minimum absolute atomic E-state index is 0.0780. The van der Waals surface area contributed by atoms with Crippen LogP contribution in [0, 0.1) is 0 Å². The first kappa shape index (κ1) is 16.7. The predicted octanol–water partition coefficient (Wildman–Crippen LogP) is 2.17. The van der Waals surface area contributed by atoms with Crippen LogP contribution in [0.25, 0.3) is 0 Å². The first-order valence-corrected chi connectivity index (χ1v) is 8.40. The lowest BCUT2D eigenvalue weighted by Gasteiger charge is -2.17. The average molecular weight is 305 g/mol. The lowest BCUT2D eigenvalue weighted by molar-refractivity contribution is 0.0946. The van der Waals surface area contributed by atoms with Crippen molar-refractivity contribution in [3.63, 3.8) is 0 Å². The molecular formula is C17H27N3O2. The van der Waals surface area contributed by atoms with E-state index < -0.39 is 0 Å². The van der Waals surface area contributed by atoms with Gasteiger partial charge in [0.15, 0.2) is 6.29 Å². The molecule has 1 amide bonds. The van der Waals surface area contributed by atoms with E-state index in [2.05, 4.69) is 29.0 Å². The fraction of sp³-hybridized carbons (Fsp3) is 0.647. The number of aromatic nitrogens is 1. The Bertz CT molecular complexity index is 518. The molecular weight excluding hydrogens is 278 g/mol. The van der Waals surface area contributed by atoms with E-state index in [1.165, 1.54) is 0 Å². The highest BCUT2D eigenvalue weighted by atomic mass is 16.2. The minimum atomic E-state index is -0.0780. The molecule has 22 heavy (non-hydrogen) atoms. The Labute approximate surface area is 132 Å². The van der Waals surface area contributed by atoms with Crippen molar-refractivity contribution < 1.29 is 9.59 Å². The Morgan fingerprint density at radius 2 is 1.91 bits per heavy atom. The van der Waals surface area contributed by atoms with Crippen molar-refractivity contribution >= 4 is 12.2 Å². The number of carbonyl (C=O) groups is 2. The largest absolute Gasteiger partial charge is 0.351 e. The number of carbonyl (C=O) groups excluding carboxylic acids is 2. The normalized spacial score (nSPS) is 14.0. The van der Waals surface area contributed by atoms with E-state index in [1.807, 2.05) is 0 Å². The molecule has 0 spiro atoms. The Morgan fingerprint density at radius 1 is 1.23 bits per heavy atom. The second-order valence-corrected chi connectivity index (χ2v) is 5.83. The molecule has 1 heterocycles. The van der Waals surface area contributed by atoms with Crippen molar-refractivity contribution in [2.75, 3.05) is 26.2 Å². The summed E-state index contributed by atoms with van der Waals surface area (Å²) in [5.41, 5.74) is 3.28. The van der Waals surface area contributed by atoms with Gasteiger partial charge in [0.05, 0.1) is 5.69 Å². The van der Waals surface area contributed by atoms with Crippen molar-refractivity contribution in [3.05, 3.63) is 22.5 Å². The monoisotopic (exact) mass is 305 g/mol. The molecule has 5 heteroatoms. The molecule has 0 aliphatic heterocycles. The van der Waals surface area contributed by atoms with Crippen LogP contribution in [0.2, 0.25) is 0 Å². The molecule has 1 aromatic rings. The standard InChI is InChI=1S/C17H27N3O2/c1-3-20(4-2)11-7-10-18-17(22)16-14-9-6-5-8-13(14)15(12-21)19-16/h12,19H,3-11H2,1-2H3,(H,18,22). The van der Waals surface area contributed by atoms with Gasteiger partial charge in [-0.05, 0) is 62.9 Å². The smallest absolute Gasteiger partial charge is 0.268 e. The molecule has 5 nitrogen and oxygen atoms in total. The molecule has 122 valence electrons. The number of fused-ring (bicyclic) bond motifs is 1. The van der Waals surface area contributed by atoms with Crippen LogP contribution in [0.15, 0.2) is 0 Å². The Hall–Kier alpha value is -1.62. The second kappa shape index (κ2) is 8.13. The third-order valence-corrected chi connectivity index (χ3v) is 4.53. The van der Waals surface area contributed by atoms with Crippen molar-refractivity contribution in [2.45, 2.75) is 46.0 Å². The molecule has 1 aromatic heterocycles. The van der Waals surface area contributed by atoms with E-state index in [9.17, 15) is 9.59 Å². The van der Waals surface area contributed by atoms with Gasteiger partial charge in [0.1, 0.15) is 5.69 Å². The van der Waals surface area contributed by atoms with Gasteiger partial charge >= 0.3 is 0 Å². The first-order chi connectivity index (χ1) is 10.7. The van der Waals surface area contributed by atoms with Crippen LogP contribution in [-0.2, 0) is 12.8 Å². The zero-order valence-corrected chi connectivity index (χ0v) is 13.7. The number of hydrogen-bond acceptors (Lipinski definition) is 3. The molecule has 0 saturated carbocycles. The van der Waals surface area contributed by atoms with Crippen LogP contribution in [0.5, 0.6) is 0 Å². The Kier molecular flexibility index (Phi) is 6.19. The fourth-order valence-electron chi connectivity index (χ4n) is 3.19. The number of nitrogens with zero attached hydrogens (tertiary/aromatic N) is 1. The lowest BCUT2D eigenvalue weighted by atomic mass is 9.92. The second-order valence-electron chi connectivity index (χ2n) is 5.83. The quantitative estimate of drug-likeness (QED) is 0.571. The number of nitrogens with one attached hydrogen (secondary N) is 2. The van der Waals surface area contributed by atoms with Gasteiger partial charge in [0.2, 0.25) is 0 Å². The molecule has 0 atom stereocenters. The summed E-state index contributed by atoms with van der Waals surface area (Å²) in [4.78, 5) is 28.9. The van der Waals surface area contributed by atoms with Gasteiger partial charge in [-0.3, -0.25) is 9.59 Å². The summed E-state index contributed by atoms with van der Waals surface area (Å²) in [6.07, 6.45) is 5.75.